The molecule has 1 aromatic heterocycles. The van der Waals surface area contributed by atoms with E-state index in [-0.39, 0.29) is 11.3 Å². The van der Waals surface area contributed by atoms with Crippen LogP contribution in [0.2, 0.25) is 0 Å². The molecule has 1 atom stereocenters. The summed E-state index contributed by atoms with van der Waals surface area (Å²) < 4.78 is 5.38. The Morgan fingerprint density at radius 3 is 2.68 bits per heavy atom. The number of allylic oxidation sites excluding steroid dienone is 3. The van der Waals surface area contributed by atoms with E-state index in [0.717, 1.165) is 11.1 Å². The first-order chi connectivity index (χ1) is 11.9. The normalized spacial score (nSPS) is 21.6. The summed E-state index contributed by atoms with van der Waals surface area (Å²) in [6.45, 7) is 6.37. The van der Waals surface area contributed by atoms with Crippen LogP contribution in [0.15, 0.2) is 68.7 Å². The van der Waals surface area contributed by atoms with Gasteiger partial charge in [0.2, 0.25) is 0 Å². The highest BCUT2D eigenvalue weighted by Crippen LogP contribution is 2.44. The van der Waals surface area contributed by atoms with Crippen molar-refractivity contribution < 1.29 is 9.34 Å². The van der Waals surface area contributed by atoms with Crippen molar-refractivity contribution in [2.45, 2.75) is 27.2 Å². The maximum absolute atomic E-state index is 10.9. The number of hydrogen-bond acceptors (Lipinski definition) is 4. The average molecular weight is 334 g/mol. The second-order valence-electron chi connectivity index (χ2n) is 6.87. The van der Waals surface area contributed by atoms with E-state index in [1.54, 1.807) is 6.07 Å². The van der Waals surface area contributed by atoms with Gasteiger partial charge >= 0.3 is 5.88 Å². The van der Waals surface area contributed by atoms with E-state index in [4.69, 9.17) is 9.41 Å². The highest BCUT2D eigenvalue weighted by Gasteiger charge is 2.35. The molecule has 2 aromatic rings. The molecule has 0 fully saturated rings. The third-order valence-corrected chi connectivity index (χ3v) is 5.29. The van der Waals surface area contributed by atoms with Gasteiger partial charge in [-0.15, -0.1) is 0 Å². The zero-order valence-corrected chi connectivity index (χ0v) is 14.4. The molecule has 0 saturated heterocycles. The zero-order valence-electron chi connectivity index (χ0n) is 14.4. The smallest absolute Gasteiger partial charge is 0.406 e. The van der Waals surface area contributed by atoms with Crippen molar-refractivity contribution in [1.29, 1.82) is 0 Å². The van der Waals surface area contributed by atoms with Gasteiger partial charge in [0.15, 0.2) is 0 Å². The van der Waals surface area contributed by atoms with Crippen molar-refractivity contribution in [2.75, 3.05) is 0 Å². The number of hydrogen-bond donors (Lipinski definition) is 0. The molecule has 1 unspecified atom stereocenters. The lowest BCUT2D eigenvalue weighted by Gasteiger charge is -2.33. The Morgan fingerprint density at radius 2 is 1.96 bits per heavy atom. The SMILES string of the molecule is CC1=C(C)C(C)(Cc2ccc([N+](=O)[O-])o2)C=C2N=c3ccccc3=C21. The monoisotopic (exact) mass is 334 g/mol. The quantitative estimate of drug-likeness (QED) is 0.637. The van der Waals surface area contributed by atoms with Gasteiger partial charge in [-0.05, 0) is 37.6 Å². The molecule has 5 heteroatoms. The molecule has 2 aliphatic rings. The number of nitro groups is 1. The predicted octanol–water partition coefficient (Wildman–Crippen LogP) is 3.45. The molecular weight excluding hydrogens is 316 g/mol. The number of benzene rings is 1. The molecule has 0 bridgehead atoms. The van der Waals surface area contributed by atoms with Gasteiger partial charge in [-0.1, -0.05) is 30.7 Å². The molecule has 1 aliphatic carbocycles. The van der Waals surface area contributed by atoms with Crippen LogP contribution < -0.4 is 10.6 Å². The van der Waals surface area contributed by atoms with Crippen molar-refractivity contribution in [1.82, 2.24) is 0 Å². The topological polar surface area (TPSA) is 68.6 Å². The van der Waals surface area contributed by atoms with Gasteiger partial charge < -0.3 is 4.42 Å². The Labute approximate surface area is 144 Å². The Hall–Kier alpha value is -2.95. The van der Waals surface area contributed by atoms with Gasteiger partial charge in [-0.2, -0.15) is 0 Å². The Morgan fingerprint density at radius 1 is 1.20 bits per heavy atom. The molecule has 0 spiro atoms. The fourth-order valence-corrected chi connectivity index (χ4v) is 3.74. The fourth-order valence-electron chi connectivity index (χ4n) is 3.74. The summed E-state index contributed by atoms with van der Waals surface area (Å²) in [6, 6.07) is 11.2. The number of fused-ring (bicyclic) bond motifs is 2. The maximum Gasteiger partial charge on any atom is 0.433 e. The third kappa shape index (κ3) is 2.35. The predicted molar refractivity (Wildman–Crippen MR) is 94.3 cm³/mol. The van der Waals surface area contributed by atoms with Crippen LogP contribution in [0, 0.1) is 15.5 Å². The van der Waals surface area contributed by atoms with Gasteiger partial charge in [0.1, 0.15) is 10.7 Å². The van der Waals surface area contributed by atoms with E-state index in [1.165, 1.54) is 28.0 Å². The van der Waals surface area contributed by atoms with Crippen LogP contribution in [-0.4, -0.2) is 4.92 Å². The lowest BCUT2D eigenvalue weighted by atomic mass is 9.71. The molecule has 0 radical (unpaired) electrons. The average Bonchev–Trinajstić information content (AvgIpc) is 3.16. The fraction of sp³-hybridized carbons (Fsp3) is 0.250. The van der Waals surface area contributed by atoms with Crippen LogP contribution in [-0.2, 0) is 6.42 Å². The minimum absolute atomic E-state index is 0.217. The van der Waals surface area contributed by atoms with Crippen LogP contribution in [0.4, 0.5) is 5.88 Å². The van der Waals surface area contributed by atoms with Gasteiger partial charge in [0.25, 0.3) is 0 Å². The van der Waals surface area contributed by atoms with Crippen molar-refractivity contribution >= 4 is 11.5 Å². The zero-order chi connectivity index (χ0) is 17.8. The van der Waals surface area contributed by atoms with Gasteiger partial charge in [0.05, 0.1) is 17.1 Å². The van der Waals surface area contributed by atoms with E-state index < -0.39 is 4.92 Å². The summed E-state index contributed by atoms with van der Waals surface area (Å²) in [6.07, 6.45) is 2.73. The first-order valence-corrected chi connectivity index (χ1v) is 8.22. The molecular formula is C20H18N2O3. The number of para-hydroxylation sites is 1. The largest absolute Gasteiger partial charge is 0.433 e. The molecule has 2 heterocycles. The molecule has 1 aromatic carbocycles. The van der Waals surface area contributed by atoms with E-state index in [9.17, 15) is 10.1 Å². The highest BCUT2D eigenvalue weighted by atomic mass is 16.6. The van der Waals surface area contributed by atoms with Crippen molar-refractivity contribution in [3.8, 4) is 0 Å². The summed E-state index contributed by atoms with van der Waals surface area (Å²) in [5.41, 5.74) is 4.33. The molecule has 1 aliphatic heterocycles. The molecule has 4 rings (SSSR count). The first-order valence-electron chi connectivity index (χ1n) is 8.22. The van der Waals surface area contributed by atoms with E-state index in [0.29, 0.717) is 12.2 Å². The molecule has 0 saturated carbocycles. The van der Waals surface area contributed by atoms with E-state index in [2.05, 4.69) is 32.9 Å². The summed E-state index contributed by atoms with van der Waals surface area (Å²) in [4.78, 5) is 15.1. The van der Waals surface area contributed by atoms with Gasteiger partial charge in [-0.25, -0.2) is 4.99 Å². The van der Waals surface area contributed by atoms with Crippen LogP contribution >= 0.6 is 0 Å². The van der Waals surface area contributed by atoms with Crippen molar-refractivity contribution in [3.05, 3.63) is 85.8 Å². The van der Waals surface area contributed by atoms with E-state index >= 15 is 0 Å². The van der Waals surface area contributed by atoms with Crippen LogP contribution in [0.25, 0.3) is 5.57 Å². The van der Waals surface area contributed by atoms with E-state index in [1.807, 2.05) is 18.2 Å². The van der Waals surface area contributed by atoms with Crippen LogP contribution in [0.1, 0.15) is 26.5 Å². The second kappa shape index (κ2) is 5.28. The van der Waals surface area contributed by atoms with Crippen molar-refractivity contribution in [3.63, 3.8) is 0 Å². The van der Waals surface area contributed by atoms with Gasteiger partial charge in [-0.3, -0.25) is 10.1 Å². The van der Waals surface area contributed by atoms with Gasteiger partial charge in [0, 0.05) is 22.6 Å². The maximum atomic E-state index is 10.9. The number of nitrogens with zero attached hydrogens (tertiary/aromatic N) is 2. The minimum atomic E-state index is -0.506. The minimum Gasteiger partial charge on any atom is -0.406 e. The molecule has 25 heavy (non-hydrogen) atoms. The highest BCUT2D eigenvalue weighted by molar-refractivity contribution is 5.82. The molecule has 0 amide bonds. The molecule has 5 nitrogen and oxygen atoms in total. The lowest BCUT2D eigenvalue weighted by molar-refractivity contribution is -0.402. The number of furan rings is 1. The standard InChI is InChI=1S/C20H18N2O3/c1-12-13(2)20(3,10-14-8-9-18(25-14)22(23)24)11-17-19(12)15-6-4-5-7-16(15)21-17/h4-9,11H,10H2,1-3H3. The Bertz CT molecular complexity index is 1090. The summed E-state index contributed by atoms with van der Waals surface area (Å²) in [7, 11) is 0. The summed E-state index contributed by atoms with van der Waals surface area (Å²) >= 11 is 0. The van der Waals surface area contributed by atoms with Crippen LogP contribution in [0.5, 0.6) is 0 Å². The second-order valence-corrected chi connectivity index (χ2v) is 6.87. The van der Waals surface area contributed by atoms with Crippen LogP contribution in [0.3, 0.4) is 0 Å². The lowest BCUT2D eigenvalue weighted by Crippen LogP contribution is -2.26. The third-order valence-electron chi connectivity index (χ3n) is 5.29. The number of rotatable bonds is 3. The summed E-state index contributed by atoms with van der Waals surface area (Å²) in [5.74, 6) is 0.391. The van der Waals surface area contributed by atoms with Crippen molar-refractivity contribution in [2.24, 2.45) is 10.4 Å². The first kappa shape index (κ1) is 15.6. The Kier molecular flexibility index (Phi) is 3.29. The molecule has 126 valence electrons. The molecule has 0 N–H and O–H groups in total. The Balaban J connectivity index is 1.81. The summed E-state index contributed by atoms with van der Waals surface area (Å²) in [5, 5.41) is 13.0.